The molecule has 5 rings (SSSR count). The molecule has 12 heteroatoms. The summed E-state index contributed by atoms with van der Waals surface area (Å²) in [5.41, 5.74) is 9.94. The normalized spacial score (nSPS) is 13.4. The van der Waals surface area contributed by atoms with Crippen molar-refractivity contribution in [3.63, 3.8) is 0 Å². The van der Waals surface area contributed by atoms with Crippen molar-refractivity contribution in [1.29, 1.82) is 0 Å². The van der Waals surface area contributed by atoms with Gasteiger partial charge in [0.2, 0.25) is 5.91 Å². The van der Waals surface area contributed by atoms with Gasteiger partial charge in [0.05, 0.1) is 36.2 Å². The molecule has 0 saturated carbocycles. The number of unbranched alkanes of at least 4 members (excludes halogenated alkanes) is 2. The Labute approximate surface area is 287 Å². The van der Waals surface area contributed by atoms with Crippen molar-refractivity contribution in [1.82, 2.24) is 19.8 Å². The van der Waals surface area contributed by atoms with E-state index in [0.29, 0.717) is 54.2 Å². The third-order valence-electron chi connectivity index (χ3n) is 8.81. The number of nitrogens with zero attached hydrogens (tertiary/aromatic N) is 4. The molecule has 4 N–H and O–H groups in total. The lowest BCUT2D eigenvalue weighted by molar-refractivity contribution is -0.132. The molecule has 260 valence electrons. The van der Waals surface area contributed by atoms with Crippen LogP contribution >= 0.6 is 0 Å². The van der Waals surface area contributed by atoms with Crippen LogP contribution in [0.5, 0.6) is 11.5 Å². The molecule has 0 unspecified atom stereocenters. The van der Waals surface area contributed by atoms with Crippen LogP contribution in [-0.4, -0.2) is 98.0 Å². The number of imidazole rings is 1. The number of ether oxygens (including phenoxy) is 2. The number of piperazine rings is 1. The molecule has 3 amide bonds. The molecular formula is C37H47N7O5. The van der Waals surface area contributed by atoms with Gasteiger partial charge in [0.1, 0.15) is 22.8 Å². The van der Waals surface area contributed by atoms with Gasteiger partial charge in [-0.25, -0.2) is 4.98 Å². The van der Waals surface area contributed by atoms with Crippen LogP contribution in [0.1, 0.15) is 57.8 Å². The van der Waals surface area contributed by atoms with Gasteiger partial charge in [0, 0.05) is 51.6 Å². The first kappa shape index (κ1) is 35.4. The van der Waals surface area contributed by atoms with E-state index in [1.54, 1.807) is 31.3 Å². The minimum Gasteiger partial charge on any atom is -0.496 e. The highest BCUT2D eigenvalue weighted by molar-refractivity contribution is 6.11. The van der Waals surface area contributed by atoms with E-state index in [9.17, 15) is 14.4 Å². The minimum absolute atomic E-state index is 0.226. The van der Waals surface area contributed by atoms with Gasteiger partial charge in [-0.2, -0.15) is 0 Å². The third kappa shape index (κ3) is 8.76. The maximum absolute atomic E-state index is 13.7. The number of carbonyl (C=O) groups is 3. The van der Waals surface area contributed by atoms with Gasteiger partial charge in [-0.1, -0.05) is 12.1 Å². The lowest BCUT2D eigenvalue weighted by Gasteiger charge is -2.32. The number of aromatic amines is 1. The van der Waals surface area contributed by atoms with Crippen molar-refractivity contribution in [2.45, 2.75) is 39.0 Å². The Balaban J connectivity index is 1.20. The third-order valence-corrected chi connectivity index (χ3v) is 8.81. The van der Waals surface area contributed by atoms with Crippen LogP contribution in [0.4, 0.5) is 11.4 Å². The summed E-state index contributed by atoms with van der Waals surface area (Å²) in [5.74, 6) is 1.17. The highest BCUT2D eigenvalue weighted by Crippen LogP contribution is 2.31. The number of para-hydroxylation sites is 1. The number of H-pyrrole nitrogens is 1. The monoisotopic (exact) mass is 669 g/mol. The number of anilines is 2. The largest absolute Gasteiger partial charge is 0.496 e. The van der Waals surface area contributed by atoms with Gasteiger partial charge in [-0.3, -0.25) is 14.4 Å². The van der Waals surface area contributed by atoms with Crippen LogP contribution in [0.3, 0.4) is 0 Å². The number of fused-ring (bicyclic) bond motifs is 1. The molecular weight excluding hydrogens is 622 g/mol. The van der Waals surface area contributed by atoms with E-state index in [-0.39, 0.29) is 23.1 Å². The first-order valence-corrected chi connectivity index (χ1v) is 16.8. The van der Waals surface area contributed by atoms with Gasteiger partial charge in [-0.05, 0) is 87.8 Å². The zero-order valence-electron chi connectivity index (χ0n) is 28.9. The molecule has 1 aromatic heterocycles. The quantitative estimate of drug-likeness (QED) is 0.165. The molecule has 0 atom stereocenters. The zero-order chi connectivity index (χ0) is 34.9. The Morgan fingerprint density at radius 3 is 2.55 bits per heavy atom. The molecule has 3 aromatic carbocycles. The fraction of sp³-hybridized carbons (Fsp3) is 0.405. The van der Waals surface area contributed by atoms with Crippen molar-refractivity contribution >= 4 is 40.1 Å². The summed E-state index contributed by atoms with van der Waals surface area (Å²) in [4.78, 5) is 53.2. The van der Waals surface area contributed by atoms with Crippen LogP contribution in [0.15, 0.2) is 54.6 Å². The topological polar surface area (TPSA) is 146 Å². The fourth-order valence-electron chi connectivity index (χ4n) is 5.91. The smallest absolute Gasteiger partial charge is 0.259 e. The van der Waals surface area contributed by atoms with Crippen LogP contribution in [0.25, 0.3) is 11.0 Å². The second kappa shape index (κ2) is 16.4. The Kier molecular flexibility index (Phi) is 11.9. The Morgan fingerprint density at radius 2 is 1.80 bits per heavy atom. The number of likely N-dealkylation sites (N-methyl/N-ethyl adjacent to an activating group) is 1. The molecule has 1 aliphatic heterocycles. The lowest BCUT2D eigenvalue weighted by atomic mass is 10.1. The second-order valence-electron chi connectivity index (χ2n) is 12.5. The molecule has 0 radical (unpaired) electrons. The molecule has 12 nitrogen and oxygen atoms in total. The molecule has 0 bridgehead atoms. The number of methoxy groups -OCH3 is 1. The molecule has 4 aromatic rings. The standard InChI is InChI=1S/C37H47N7O5/c1-25-12-15-30(32(23-25)49-22-7-5-6-11-34(45)44-20-18-42(2)19-21-44)43(3)37(47)26-13-14-27(31(24-26)48-4)36(46)40-29-10-8-9-28-35(29)41-33(39-28)16-17-38/h8-10,12-15,23-24H,5-7,11,16-22,38H2,1-4H3,(H,39,41)(H,40,46). The first-order chi connectivity index (χ1) is 23.7. The van der Waals surface area contributed by atoms with Crippen molar-refractivity contribution in [2.24, 2.45) is 5.73 Å². The van der Waals surface area contributed by atoms with Crippen molar-refractivity contribution in [3.05, 3.63) is 77.1 Å². The number of hydrogen-bond acceptors (Lipinski definition) is 8. The summed E-state index contributed by atoms with van der Waals surface area (Å²) >= 11 is 0. The fourth-order valence-corrected chi connectivity index (χ4v) is 5.91. The van der Waals surface area contributed by atoms with Crippen molar-refractivity contribution in [2.75, 3.05) is 70.8 Å². The van der Waals surface area contributed by atoms with E-state index >= 15 is 0 Å². The molecule has 49 heavy (non-hydrogen) atoms. The van der Waals surface area contributed by atoms with E-state index in [1.807, 2.05) is 42.2 Å². The Morgan fingerprint density at radius 1 is 1.00 bits per heavy atom. The highest BCUT2D eigenvalue weighted by atomic mass is 16.5. The van der Waals surface area contributed by atoms with Gasteiger partial charge in [0.15, 0.2) is 0 Å². The van der Waals surface area contributed by atoms with Crippen molar-refractivity contribution < 1.29 is 23.9 Å². The number of aryl methyl sites for hydroxylation is 1. The first-order valence-electron chi connectivity index (χ1n) is 16.8. The summed E-state index contributed by atoms with van der Waals surface area (Å²) in [7, 11) is 5.24. The molecule has 0 spiro atoms. The average molecular weight is 670 g/mol. The Hall–Kier alpha value is -4.94. The van der Waals surface area contributed by atoms with Gasteiger partial charge >= 0.3 is 0 Å². The van der Waals surface area contributed by atoms with E-state index in [0.717, 1.165) is 62.3 Å². The number of hydrogen-bond donors (Lipinski definition) is 3. The number of nitrogens with one attached hydrogen (secondary N) is 2. The summed E-state index contributed by atoms with van der Waals surface area (Å²) in [5, 5.41) is 2.93. The number of nitrogens with two attached hydrogens (primary N) is 1. The number of aromatic nitrogens is 2. The zero-order valence-corrected chi connectivity index (χ0v) is 28.9. The second-order valence-corrected chi connectivity index (χ2v) is 12.5. The van der Waals surface area contributed by atoms with Crippen LogP contribution < -0.4 is 25.4 Å². The molecule has 0 aliphatic carbocycles. The maximum Gasteiger partial charge on any atom is 0.259 e. The number of rotatable bonds is 14. The van der Waals surface area contributed by atoms with Crippen LogP contribution in [0, 0.1) is 6.92 Å². The Bertz CT molecular complexity index is 1780. The highest BCUT2D eigenvalue weighted by Gasteiger charge is 2.22. The maximum atomic E-state index is 13.7. The van der Waals surface area contributed by atoms with Gasteiger partial charge < -0.3 is 40.2 Å². The average Bonchev–Trinajstić information content (AvgIpc) is 3.53. The van der Waals surface area contributed by atoms with Crippen LogP contribution in [-0.2, 0) is 11.2 Å². The van der Waals surface area contributed by atoms with Gasteiger partial charge in [0.25, 0.3) is 11.8 Å². The molecule has 1 aliphatic rings. The molecule has 2 heterocycles. The number of amides is 3. The summed E-state index contributed by atoms with van der Waals surface area (Å²) < 4.78 is 11.7. The summed E-state index contributed by atoms with van der Waals surface area (Å²) in [6.07, 6.45) is 3.64. The van der Waals surface area contributed by atoms with E-state index in [2.05, 4.69) is 27.2 Å². The summed E-state index contributed by atoms with van der Waals surface area (Å²) in [6.45, 7) is 6.35. The predicted molar refractivity (Wildman–Crippen MR) is 192 cm³/mol. The lowest BCUT2D eigenvalue weighted by Crippen LogP contribution is -2.47. The number of benzene rings is 3. The number of carbonyl (C=O) groups excluding carboxylic acids is 3. The molecule has 1 saturated heterocycles. The van der Waals surface area contributed by atoms with Gasteiger partial charge in [-0.15, -0.1) is 0 Å². The molecule has 1 fully saturated rings. The van der Waals surface area contributed by atoms with E-state index in [4.69, 9.17) is 15.2 Å². The van der Waals surface area contributed by atoms with E-state index < -0.39 is 5.91 Å². The SMILES string of the molecule is COc1cc(C(=O)N(C)c2ccc(C)cc2OCCCCCC(=O)N2CCN(C)CC2)ccc1C(=O)Nc1cccc2[nH]c(CCN)nc12. The van der Waals surface area contributed by atoms with Crippen molar-refractivity contribution in [3.8, 4) is 11.5 Å². The van der Waals surface area contributed by atoms with E-state index in [1.165, 1.54) is 12.0 Å². The predicted octanol–water partition coefficient (Wildman–Crippen LogP) is 4.62. The van der Waals surface area contributed by atoms with Crippen LogP contribution in [0.2, 0.25) is 0 Å². The minimum atomic E-state index is -0.391. The summed E-state index contributed by atoms with van der Waals surface area (Å²) in [6, 6.07) is 16.0.